The van der Waals surface area contributed by atoms with E-state index in [4.69, 9.17) is 5.73 Å². The summed E-state index contributed by atoms with van der Waals surface area (Å²) >= 11 is 0. The van der Waals surface area contributed by atoms with E-state index < -0.39 is 25.7 Å². The first-order valence-electron chi connectivity index (χ1n) is 5.15. The quantitative estimate of drug-likeness (QED) is 0.621. The number of carbonyl (C=O) groups excluding carboxylic acids is 1. The summed E-state index contributed by atoms with van der Waals surface area (Å²) in [7, 11) is -6.19. The molecule has 0 bridgehead atoms. The minimum Gasteiger partial charge on any atom is -0.321 e. The summed E-state index contributed by atoms with van der Waals surface area (Å²) in [6.45, 7) is 0. The largest absolute Gasteiger partial charge is 0.321 e. The second-order valence-electron chi connectivity index (χ2n) is 4.22. The van der Waals surface area contributed by atoms with Crippen molar-refractivity contribution in [1.82, 2.24) is 0 Å². The van der Waals surface area contributed by atoms with E-state index >= 15 is 0 Å². The van der Waals surface area contributed by atoms with E-state index in [0.717, 1.165) is 12.5 Å². The standard InChI is InChI=1S/C9H19NO5S2/c1-16(12,13)6-3-4-9(11)8(10)5-7-17(2,14)15/h8H,3-7,10H2,1-2H3. The average Bonchev–Trinajstić information content (AvgIpc) is 2.10. The van der Waals surface area contributed by atoms with Crippen LogP contribution in [0.4, 0.5) is 0 Å². The monoisotopic (exact) mass is 285 g/mol. The molecule has 2 N–H and O–H groups in total. The third-order valence-electron chi connectivity index (χ3n) is 2.15. The number of carbonyl (C=O) groups is 1. The van der Waals surface area contributed by atoms with Crippen LogP contribution in [0.25, 0.3) is 0 Å². The summed E-state index contributed by atoms with van der Waals surface area (Å²) in [4.78, 5) is 11.4. The highest BCUT2D eigenvalue weighted by atomic mass is 32.2. The molecule has 0 heterocycles. The van der Waals surface area contributed by atoms with Gasteiger partial charge in [0.2, 0.25) is 0 Å². The van der Waals surface area contributed by atoms with Gasteiger partial charge in [-0.15, -0.1) is 0 Å². The summed E-state index contributed by atoms with van der Waals surface area (Å²) in [6.07, 6.45) is 2.55. The zero-order valence-corrected chi connectivity index (χ0v) is 11.7. The lowest BCUT2D eigenvalue weighted by atomic mass is 10.1. The van der Waals surface area contributed by atoms with Crippen molar-refractivity contribution in [2.75, 3.05) is 24.0 Å². The first-order chi connectivity index (χ1) is 7.51. The maximum absolute atomic E-state index is 11.4. The predicted octanol–water partition coefficient (Wildman–Crippen LogP) is -0.858. The Hall–Kier alpha value is -0.470. The normalized spacial score (nSPS) is 14.5. The topological polar surface area (TPSA) is 111 Å². The van der Waals surface area contributed by atoms with Crippen LogP contribution in [-0.2, 0) is 24.5 Å². The minimum atomic E-state index is -3.12. The fourth-order valence-corrected chi connectivity index (χ4v) is 2.55. The molecule has 0 rings (SSSR count). The Morgan fingerprint density at radius 3 is 1.94 bits per heavy atom. The van der Waals surface area contributed by atoms with Gasteiger partial charge in [-0.1, -0.05) is 0 Å². The van der Waals surface area contributed by atoms with Gasteiger partial charge >= 0.3 is 0 Å². The van der Waals surface area contributed by atoms with Gasteiger partial charge in [0.25, 0.3) is 0 Å². The van der Waals surface area contributed by atoms with Crippen molar-refractivity contribution >= 4 is 25.5 Å². The Balaban J connectivity index is 3.99. The first-order valence-corrected chi connectivity index (χ1v) is 9.27. The predicted molar refractivity (Wildman–Crippen MR) is 66.3 cm³/mol. The molecule has 0 aliphatic carbocycles. The molecule has 0 fully saturated rings. The van der Waals surface area contributed by atoms with Crippen LogP contribution in [0.5, 0.6) is 0 Å². The number of nitrogens with two attached hydrogens (primary N) is 1. The molecular formula is C9H19NO5S2. The lowest BCUT2D eigenvalue weighted by Gasteiger charge is -2.09. The van der Waals surface area contributed by atoms with Crippen LogP contribution in [0, 0.1) is 0 Å². The van der Waals surface area contributed by atoms with Gasteiger partial charge in [0.05, 0.1) is 17.5 Å². The van der Waals surface area contributed by atoms with Crippen LogP contribution in [-0.4, -0.2) is 52.7 Å². The zero-order valence-electron chi connectivity index (χ0n) is 10.0. The molecule has 0 saturated heterocycles. The van der Waals surface area contributed by atoms with Crippen molar-refractivity contribution < 1.29 is 21.6 Å². The SMILES string of the molecule is CS(=O)(=O)CCCC(=O)C(N)CCS(C)(=O)=O. The van der Waals surface area contributed by atoms with Gasteiger partial charge in [0, 0.05) is 18.9 Å². The van der Waals surface area contributed by atoms with Crippen LogP contribution in [0.3, 0.4) is 0 Å². The Morgan fingerprint density at radius 1 is 1.06 bits per heavy atom. The Labute approximate surface area is 102 Å². The molecule has 0 amide bonds. The molecule has 1 unspecified atom stereocenters. The lowest BCUT2D eigenvalue weighted by molar-refractivity contribution is -0.120. The molecule has 8 heteroatoms. The van der Waals surface area contributed by atoms with Crippen LogP contribution in [0.1, 0.15) is 19.3 Å². The van der Waals surface area contributed by atoms with Crippen molar-refractivity contribution in [3.63, 3.8) is 0 Å². The van der Waals surface area contributed by atoms with Crippen molar-refractivity contribution in [2.24, 2.45) is 5.73 Å². The molecule has 1 atom stereocenters. The molecule has 0 aromatic carbocycles. The number of Topliss-reactive ketones (excluding diaryl/α,β-unsaturated/α-hetero) is 1. The zero-order chi connectivity index (χ0) is 13.7. The molecule has 0 aromatic heterocycles. The maximum Gasteiger partial charge on any atom is 0.149 e. The van der Waals surface area contributed by atoms with E-state index in [1.54, 1.807) is 0 Å². The molecule has 0 aliphatic heterocycles. The van der Waals surface area contributed by atoms with E-state index in [9.17, 15) is 21.6 Å². The molecule has 0 aromatic rings. The highest BCUT2D eigenvalue weighted by Crippen LogP contribution is 2.02. The molecule has 17 heavy (non-hydrogen) atoms. The fraction of sp³-hybridized carbons (Fsp3) is 0.889. The van der Waals surface area contributed by atoms with Gasteiger partial charge in [-0.3, -0.25) is 4.79 Å². The Morgan fingerprint density at radius 2 is 1.53 bits per heavy atom. The minimum absolute atomic E-state index is 0.0580. The molecule has 0 aliphatic rings. The molecule has 102 valence electrons. The highest BCUT2D eigenvalue weighted by molar-refractivity contribution is 7.90. The van der Waals surface area contributed by atoms with Crippen molar-refractivity contribution in [1.29, 1.82) is 0 Å². The summed E-state index contributed by atoms with van der Waals surface area (Å²) < 4.78 is 43.4. The van der Waals surface area contributed by atoms with Gasteiger partial charge in [-0.2, -0.15) is 0 Å². The highest BCUT2D eigenvalue weighted by Gasteiger charge is 2.16. The number of rotatable bonds is 8. The van der Waals surface area contributed by atoms with E-state index in [1.165, 1.54) is 0 Å². The van der Waals surface area contributed by atoms with Gasteiger partial charge in [-0.25, -0.2) is 16.8 Å². The van der Waals surface area contributed by atoms with Gasteiger partial charge in [-0.05, 0) is 12.8 Å². The number of hydrogen-bond acceptors (Lipinski definition) is 6. The van der Waals surface area contributed by atoms with Gasteiger partial charge < -0.3 is 5.73 Å². The van der Waals surface area contributed by atoms with Crippen LogP contribution >= 0.6 is 0 Å². The summed E-state index contributed by atoms with van der Waals surface area (Å²) in [5.74, 6) is -0.485. The van der Waals surface area contributed by atoms with E-state index in [0.29, 0.717) is 0 Å². The average molecular weight is 285 g/mol. The number of ketones is 1. The number of sulfone groups is 2. The first kappa shape index (κ1) is 16.5. The molecule has 0 saturated carbocycles. The fourth-order valence-electron chi connectivity index (χ4n) is 1.20. The van der Waals surface area contributed by atoms with Crippen LogP contribution in [0.15, 0.2) is 0 Å². The van der Waals surface area contributed by atoms with Gasteiger partial charge in [0.15, 0.2) is 0 Å². The smallest absolute Gasteiger partial charge is 0.149 e. The number of hydrogen-bond donors (Lipinski definition) is 1. The van der Waals surface area contributed by atoms with Crippen LogP contribution in [0.2, 0.25) is 0 Å². The third kappa shape index (κ3) is 10.4. The summed E-state index contributed by atoms with van der Waals surface area (Å²) in [6, 6.07) is -0.829. The van der Waals surface area contributed by atoms with Crippen molar-refractivity contribution in [3.8, 4) is 0 Å². The Kier molecular flexibility index (Phi) is 6.28. The lowest BCUT2D eigenvalue weighted by Crippen LogP contribution is -2.32. The summed E-state index contributed by atoms with van der Waals surface area (Å²) in [5, 5.41) is 0. The third-order valence-corrected chi connectivity index (χ3v) is 4.16. The van der Waals surface area contributed by atoms with E-state index in [2.05, 4.69) is 0 Å². The molecule has 0 radical (unpaired) electrons. The summed E-state index contributed by atoms with van der Waals surface area (Å²) in [5.41, 5.74) is 5.51. The van der Waals surface area contributed by atoms with Crippen molar-refractivity contribution in [2.45, 2.75) is 25.3 Å². The maximum atomic E-state index is 11.4. The molecule has 0 spiro atoms. The van der Waals surface area contributed by atoms with Crippen molar-refractivity contribution in [3.05, 3.63) is 0 Å². The second-order valence-corrected chi connectivity index (χ2v) is 8.74. The molecule has 6 nitrogen and oxygen atoms in total. The van der Waals surface area contributed by atoms with E-state index in [-0.39, 0.29) is 36.6 Å². The van der Waals surface area contributed by atoms with E-state index in [1.807, 2.05) is 0 Å². The molecular weight excluding hydrogens is 266 g/mol. The van der Waals surface area contributed by atoms with Crippen LogP contribution < -0.4 is 5.73 Å². The van der Waals surface area contributed by atoms with Gasteiger partial charge in [0.1, 0.15) is 25.5 Å². The second kappa shape index (κ2) is 6.46. The Bertz CT molecular complexity index is 452.